The van der Waals surface area contributed by atoms with E-state index in [9.17, 15) is 33.6 Å². The maximum Gasteiger partial charge on any atom is 0.469 e. The molecule has 0 amide bonds. The van der Waals surface area contributed by atoms with Crippen LogP contribution in [0.2, 0.25) is 0 Å². The van der Waals surface area contributed by atoms with Gasteiger partial charge in [-0.15, -0.1) is 0 Å². The lowest BCUT2D eigenvalue weighted by molar-refractivity contribution is -0.138. The molecule has 16 nitrogen and oxygen atoms in total. The van der Waals surface area contributed by atoms with Gasteiger partial charge in [-0.3, -0.25) is 33.3 Å². The van der Waals surface area contributed by atoms with Crippen molar-refractivity contribution in [3.05, 3.63) is 32.6 Å². The van der Waals surface area contributed by atoms with Crippen LogP contribution in [0.5, 0.6) is 0 Å². The fourth-order valence-corrected chi connectivity index (χ4v) is 5.52. The Morgan fingerprint density at radius 2 is 1.11 bits per heavy atom. The molecule has 1 aliphatic rings. The number of unbranched alkanes of at least 4 members (excludes halogenated alkanes) is 15. The molecule has 316 valence electrons. The topological polar surface area (TPSA) is 263 Å². The van der Waals surface area contributed by atoms with E-state index >= 15 is 0 Å². The number of H-pyrrole nitrogens is 1. The van der Waals surface area contributed by atoms with E-state index in [0.717, 1.165) is 43.1 Å². The van der Waals surface area contributed by atoms with Gasteiger partial charge in [0.1, 0.15) is 12.3 Å². The number of carboxylic acids is 3. The van der Waals surface area contributed by atoms with Crippen LogP contribution in [0, 0.1) is 6.92 Å². The van der Waals surface area contributed by atoms with Crippen molar-refractivity contribution in [1.82, 2.24) is 9.55 Å². The summed E-state index contributed by atoms with van der Waals surface area (Å²) < 4.78 is 21.4. The number of nitrogens with zero attached hydrogens (tertiary/aromatic N) is 1. The molecule has 1 fully saturated rings. The number of aliphatic hydroxyl groups is 1. The second-order valence-electron chi connectivity index (χ2n) is 13.4. The second-order valence-corrected chi connectivity index (χ2v) is 14.7. The normalized spacial score (nSPS) is 16.2. The SMILES string of the molecule is CCCCCCCCC(=O)O.CCCCCCCCC(=O)O.CCCCCCCCC(=O)O.Cc1cn([C@H]2C[C@H](O)[C@@H](COP(=O)(O)O)O2)c(=O)[nH]c1=O. The minimum Gasteiger partial charge on any atom is -0.481 e. The summed E-state index contributed by atoms with van der Waals surface area (Å²) in [5.41, 5.74) is -0.918. The lowest BCUT2D eigenvalue weighted by Gasteiger charge is -2.16. The molecule has 0 bridgehead atoms. The van der Waals surface area contributed by atoms with Crippen molar-refractivity contribution in [2.75, 3.05) is 6.61 Å². The van der Waals surface area contributed by atoms with Gasteiger partial charge >= 0.3 is 31.4 Å². The smallest absolute Gasteiger partial charge is 0.469 e. The highest BCUT2D eigenvalue weighted by Gasteiger charge is 2.37. The average Bonchev–Trinajstić information content (AvgIpc) is 3.46. The molecule has 17 heteroatoms. The average molecular weight is 797 g/mol. The number of carboxylic acid groups (broad SMARTS) is 3. The van der Waals surface area contributed by atoms with E-state index in [1.165, 1.54) is 90.2 Å². The quantitative estimate of drug-likeness (QED) is 0.0386. The van der Waals surface area contributed by atoms with E-state index in [-0.39, 0.29) is 6.42 Å². The zero-order valence-corrected chi connectivity index (χ0v) is 33.8. The van der Waals surface area contributed by atoms with Crippen LogP contribution >= 0.6 is 7.82 Å². The standard InChI is InChI=1S/C10H15N2O8P.3C9H18O2/c1-5-3-12(10(15)11-9(5)14)8-2-6(13)7(20-8)4-19-21(16,17)18;3*1-2-3-4-5-6-7-8-9(10)11/h3,6-8,13H,2,4H2,1H3,(H,11,14,15)(H2,16,17,18);3*2-8H2,1H3,(H,10,11)/t6-,7+,8+;;;/m0.../s1. The highest BCUT2D eigenvalue weighted by molar-refractivity contribution is 7.46. The molecule has 7 N–H and O–H groups in total. The third-order valence-corrected chi connectivity index (χ3v) is 8.79. The lowest BCUT2D eigenvalue weighted by atomic mass is 10.1. The Balaban J connectivity index is 0. The third-order valence-electron chi connectivity index (χ3n) is 8.30. The number of phosphoric acid groups is 1. The van der Waals surface area contributed by atoms with Crippen molar-refractivity contribution in [2.45, 2.75) is 187 Å². The van der Waals surface area contributed by atoms with Crippen LogP contribution in [0.25, 0.3) is 0 Å². The van der Waals surface area contributed by atoms with Crippen molar-refractivity contribution in [2.24, 2.45) is 0 Å². The maximum atomic E-state index is 11.7. The number of phosphoric ester groups is 1. The number of nitrogens with one attached hydrogen (secondary N) is 1. The Labute approximate surface area is 319 Å². The molecule has 1 aromatic heterocycles. The molecule has 1 aliphatic heterocycles. The number of ether oxygens (including phenoxy) is 1. The zero-order chi connectivity index (χ0) is 41.4. The summed E-state index contributed by atoms with van der Waals surface area (Å²) in [7, 11) is -4.67. The maximum absolute atomic E-state index is 11.7. The molecule has 0 spiro atoms. The molecule has 2 rings (SSSR count). The molecule has 0 radical (unpaired) electrons. The Morgan fingerprint density at radius 3 is 1.46 bits per heavy atom. The molecular formula is C37H69N2O14P. The first-order valence-electron chi connectivity index (χ1n) is 19.5. The van der Waals surface area contributed by atoms with Gasteiger partial charge in [-0.1, -0.05) is 117 Å². The van der Waals surface area contributed by atoms with Gasteiger partial charge in [0.25, 0.3) is 5.56 Å². The van der Waals surface area contributed by atoms with E-state index in [4.69, 9.17) is 29.8 Å². The van der Waals surface area contributed by atoms with Gasteiger partial charge in [0.05, 0.1) is 12.7 Å². The number of hydrogen-bond donors (Lipinski definition) is 7. The molecule has 2 heterocycles. The van der Waals surface area contributed by atoms with Gasteiger partial charge in [-0.2, -0.15) is 0 Å². The Bertz CT molecular complexity index is 1230. The van der Waals surface area contributed by atoms with Crippen LogP contribution in [0.15, 0.2) is 15.8 Å². The molecule has 0 saturated carbocycles. The fourth-order valence-electron chi connectivity index (χ4n) is 5.18. The summed E-state index contributed by atoms with van der Waals surface area (Å²) in [5.74, 6) is -2.00. The van der Waals surface area contributed by atoms with Gasteiger partial charge in [-0.05, 0) is 26.2 Å². The molecule has 1 aromatic rings. The number of aromatic nitrogens is 2. The third kappa shape index (κ3) is 32.5. The largest absolute Gasteiger partial charge is 0.481 e. The zero-order valence-electron chi connectivity index (χ0n) is 32.9. The summed E-state index contributed by atoms with van der Waals surface area (Å²) >= 11 is 0. The van der Waals surface area contributed by atoms with E-state index in [1.807, 2.05) is 0 Å². The van der Waals surface area contributed by atoms with Crippen molar-refractivity contribution >= 4 is 25.7 Å². The number of aliphatic carboxylic acids is 3. The predicted molar refractivity (Wildman–Crippen MR) is 205 cm³/mol. The van der Waals surface area contributed by atoms with E-state index in [2.05, 4.69) is 30.3 Å². The van der Waals surface area contributed by atoms with Crippen LogP contribution in [-0.4, -0.2) is 76.5 Å². The number of hydrogen-bond acceptors (Lipinski definition) is 9. The van der Waals surface area contributed by atoms with Crippen LogP contribution in [0.1, 0.15) is 174 Å². The van der Waals surface area contributed by atoms with E-state index < -0.39 is 62.0 Å². The van der Waals surface area contributed by atoms with Crippen molar-refractivity contribution < 1.29 is 58.4 Å². The summed E-state index contributed by atoms with van der Waals surface area (Å²) in [4.78, 5) is 72.6. The van der Waals surface area contributed by atoms with Gasteiger partial charge in [-0.25, -0.2) is 9.36 Å². The van der Waals surface area contributed by atoms with Crippen LogP contribution in [-0.2, 0) is 28.2 Å². The van der Waals surface area contributed by atoms with Gasteiger partial charge in [0, 0.05) is 37.4 Å². The number of rotatable bonds is 25. The van der Waals surface area contributed by atoms with Crippen molar-refractivity contribution in [1.29, 1.82) is 0 Å². The number of carbonyl (C=O) groups is 3. The summed E-state index contributed by atoms with van der Waals surface area (Å²) in [6.45, 7) is 7.53. The molecule has 1 saturated heterocycles. The minimum atomic E-state index is -4.67. The van der Waals surface area contributed by atoms with Crippen LogP contribution in [0.4, 0.5) is 0 Å². The van der Waals surface area contributed by atoms with E-state index in [1.54, 1.807) is 0 Å². The number of aryl methyl sites for hydroxylation is 1. The van der Waals surface area contributed by atoms with Crippen molar-refractivity contribution in [3.63, 3.8) is 0 Å². The fraction of sp³-hybridized carbons (Fsp3) is 0.811. The van der Waals surface area contributed by atoms with Gasteiger partial charge in [0.15, 0.2) is 0 Å². The molecule has 0 unspecified atom stereocenters. The van der Waals surface area contributed by atoms with Crippen LogP contribution < -0.4 is 11.2 Å². The first kappa shape index (κ1) is 53.2. The molecular weight excluding hydrogens is 727 g/mol. The van der Waals surface area contributed by atoms with Gasteiger partial charge < -0.3 is 34.9 Å². The predicted octanol–water partition coefficient (Wildman–Crippen LogP) is 7.07. The van der Waals surface area contributed by atoms with Crippen LogP contribution in [0.3, 0.4) is 0 Å². The summed E-state index contributed by atoms with van der Waals surface area (Å²) in [6.07, 6.45) is 20.2. The molecule has 0 aliphatic carbocycles. The Morgan fingerprint density at radius 1 is 0.741 bits per heavy atom. The first-order chi connectivity index (χ1) is 25.5. The Hall–Kier alpha value is -2.88. The second kappa shape index (κ2) is 33.5. The first-order valence-corrected chi connectivity index (χ1v) is 21.0. The van der Waals surface area contributed by atoms with E-state index in [0.29, 0.717) is 24.8 Å². The summed E-state index contributed by atoms with van der Waals surface area (Å²) in [5, 5.41) is 34.7. The van der Waals surface area contributed by atoms with Gasteiger partial charge in [0.2, 0.25) is 0 Å². The van der Waals surface area contributed by atoms with Crippen molar-refractivity contribution in [3.8, 4) is 0 Å². The Kier molecular flexibility index (Phi) is 33.0. The highest BCUT2D eigenvalue weighted by Crippen LogP contribution is 2.38. The molecule has 0 aromatic carbocycles. The summed E-state index contributed by atoms with van der Waals surface area (Å²) in [6, 6.07) is 0. The number of aromatic amines is 1. The minimum absolute atomic E-state index is 0.0283. The molecule has 3 atom stereocenters. The molecule has 54 heavy (non-hydrogen) atoms. The number of aliphatic hydroxyl groups excluding tert-OH is 1. The highest BCUT2D eigenvalue weighted by atomic mass is 31.2. The monoisotopic (exact) mass is 796 g/mol. The lowest BCUT2D eigenvalue weighted by Crippen LogP contribution is -2.33.